The van der Waals surface area contributed by atoms with Gasteiger partial charge < -0.3 is 14.4 Å². The number of hydrogen-bond donors (Lipinski definition) is 1. The van der Waals surface area contributed by atoms with Crippen molar-refractivity contribution in [1.29, 1.82) is 0 Å². The van der Waals surface area contributed by atoms with E-state index >= 15 is 0 Å². The number of rotatable bonds is 10. The molecule has 0 rings (SSSR count). The van der Waals surface area contributed by atoms with Crippen LogP contribution in [0.5, 0.6) is 0 Å². The van der Waals surface area contributed by atoms with Crippen molar-refractivity contribution in [2.45, 2.75) is 44.4 Å². The molecule has 0 amide bonds. The topological polar surface area (TPSA) is 47.6 Å². The lowest BCUT2D eigenvalue weighted by Gasteiger charge is -2.36. The van der Waals surface area contributed by atoms with E-state index < -0.39 is 18.3 Å². The van der Waals surface area contributed by atoms with Crippen LogP contribution in [0.4, 0.5) is 0 Å². The highest BCUT2D eigenvalue weighted by Crippen LogP contribution is 2.58. The largest absolute Gasteiger partial charge is 0.350 e. The minimum absolute atomic E-state index is 0.113. The molecule has 116 valence electrons. The van der Waals surface area contributed by atoms with E-state index in [-0.39, 0.29) is 31.0 Å². The van der Waals surface area contributed by atoms with Crippen LogP contribution in [0, 0.1) is 0 Å². The van der Waals surface area contributed by atoms with Crippen molar-refractivity contribution in [2.75, 3.05) is 25.0 Å². The van der Waals surface area contributed by atoms with Gasteiger partial charge in [0, 0.05) is 23.3 Å². The summed E-state index contributed by atoms with van der Waals surface area (Å²) in [5.74, 6) is 0.436. The third kappa shape index (κ3) is 6.99. The Morgan fingerprint density at radius 2 is 1.58 bits per heavy atom. The van der Waals surface area contributed by atoms with E-state index in [1.54, 1.807) is 0 Å². The molecule has 1 N–H and O–H groups in total. The average Bonchev–Trinajstić information content (AvgIpc) is 2.31. The van der Waals surface area contributed by atoms with E-state index in [0.717, 1.165) is 0 Å². The van der Waals surface area contributed by atoms with E-state index in [0.29, 0.717) is 0 Å². The van der Waals surface area contributed by atoms with Gasteiger partial charge in [-0.3, -0.25) is 4.57 Å². The maximum absolute atomic E-state index is 12.7. The first-order valence-corrected chi connectivity index (χ1v) is 9.24. The Kier molecular flexibility index (Phi) is 9.56. The first-order valence-electron chi connectivity index (χ1n) is 6.12. The molecular weight excluding hydrogens is 331 g/mol. The molecule has 0 bridgehead atoms. The van der Waals surface area contributed by atoms with Crippen LogP contribution in [-0.4, -0.2) is 41.7 Å². The van der Waals surface area contributed by atoms with E-state index in [4.69, 9.17) is 43.9 Å². The lowest BCUT2D eigenvalue weighted by Crippen LogP contribution is -2.50. The summed E-state index contributed by atoms with van der Waals surface area (Å²) < 4.78 is 23.3. The Balaban J connectivity index is 4.96. The molecule has 0 saturated carbocycles. The fourth-order valence-corrected chi connectivity index (χ4v) is 4.36. The zero-order valence-electron chi connectivity index (χ0n) is 11.8. The molecule has 0 aliphatic carbocycles. The number of alkyl halides is 3. The van der Waals surface area contributed by atoms with E-state index in [2.05, 4.69) is 5.32 Å². The first-order chi connectivity index (χ1) is 8.69. The highest BCUT2D eigenvalue weighted by Gasteiger charge is 2.45. The summed E-state index contributed by atoms with van der Waals surface area (Å²) in [4.78, 5) is 0. The second-order valence-electron chi connectivity index (χ2n) is 4.94. The SMILES string of the molecule is CC(C)NC(C)(C)C(Cl)P(=O)(OCCCl)OCCCl. The van der Waals surface area contributed by atoms with Gasteiger partial charge in [0.25, 0.3) is 0 Å². The van der Waals surface area contributed by atoms with Gasteiger partial charge in [-0.25, -0.2) is 0 Å². The standard InChI is InChI=1S/C11H23Cl3NO3P/c1-9(2)15-11(3,4)10(14)19(16,17-7-5-12)18-8-6-13/h9-10,15H,5-8H2,1-4H3. The van der Waals surface area contributed by atoms with Crippen LogP contribution in [0.2, 0.25) is 0 Å². The molecule has 0 aromatic heterocycles. The van der Waals surface area contributed by atoms with Gasteiger partial charge in [0.15, 0.2) is 5.12 Å². The molecule has 0 aromatic carbocycles. The summed E-state index contributed by atoms with van der Waals surface area (Å²) in [6.07, 6.45) is 0. The Morgan fingerprint density at radius 3 is 1.89 bits per heavy atom. The molecule has 0 fully saturated rings. The molecular formula is C11H23Cl3NO3P. The van der Waals surface area contributed by atoms with Gasteiger partial charge >= 0.3 is 7.60 Å². The maximum Gasteiger partial charge on any atom is 0.350 e. The van der Waals surface area contributed by atoms with Crippen LogP contribution in [0.3, 0.4) is 0 Å². The molecule has 1 atom stereocenters. The van der Waals surface area contributed by atoms with Crippen molar-refractivity contribution in [3.63, 3.8) is 0 Å². The van der Waals surface area contributed by atoms with Gasteiger partial charge in [-0.2, -0.15) is 0 Å². The lowest BCUT2D eigenvalue weighted by molar-refractivity contribution is 0.207. The minimum Gasteiger partial charge on any atom is -0.307 e. The van der Waals surface area contributed by atoms with Gasteiger partial charge in [-0.1, -0.05) is 13.8 Å². The Bertz CT molecular complexity index is 291. The lowest BCUT2D eigenvalue weighted by atomic mass is 10.1. The smallest absolute Gasteiger partial charge is 0.307 e. The zero-order chi connectivity index (χ0) is 15.1. The second kappa shape index (κ2) is 9.09. The molecule has 0 aliphatic rings. The van der Waals surface area contributed by atoms with Crippen molar-refractivity contribution < 1.29 is 13.6 Å². The van der Waals surface area contributed by atoms with Gasteiger partial charge in [-0.15, -0.1) is 34.8 Å². The van der Waals surface area contributed by atoms with Crippen molar-refractivity contribution in [3.05, 3.63) is 0 Å². The normalized spacial score (nSPS) is 14.9. The summed E-state index contributed by atoms with van der Waals surface area (Å²) in [6, 6.07) is 0.186. The quantitative estimate of drug-likeness (QED) is 0.475. The van der Waals surface area contributed by atoms with Crippen molar-refractivity contribution >= 4 is 42.4 Å². The monoisotopic (exact) mass is 353 g/mol. The third-order valence-electron chi connectivity index (χ3n) is 2.23. The minimum atomic E-state index is -3.49. The molecule has 0 radical (unpaired) electrons. The first kappa shape index (κ1) is 20.0. The number of nitrogens with one attached hydrogen (secondary N) is 1. The van der Waals surface area contributed by atoms with E-state index in [1.807, 2.05) is 27.7 Å². The van der Waals surface area contributed by atoms with Crippen LogP contribution in [-0.2, 0) is 13.6 Å². The summed E-state index contributed by atoms with van der Waals surface area (Å²) in [5, 5.41) is 2.41. The van der Waals surface area contributed by atoms with Gasteiger partial charge in [-0.05, 0) is 13.8 Å². The molecule has 0 spiro atoms. The summed E-state index contributed by atoms with van der Waals surface area (Å²) in [5.41, 5.74) is -0.621. The van der Waals surface area contributed by atoms with Crippen molar-refractivity contribution in [2.24, 2.45) is 0 Å². The molecule has 0 aliphatic heterocycles. The van der Waals surface area contributed by atoms with E-state index in [1.165, 1.54) is 0 Å². The molecule has 8 heteroatoms. The maximum atomic E-state index is 12.7. The Morgan fingerprint density at radius 1 is 1.16 bits per heavy atom. The molecule has 1 unspecified atom stereocenters. The average molecular weight is 355 g/mol. The molecule has 4 nitrogen and oxygen atoms in total. The summed E-state index contributed by atoms with van der Waals surface area (Å²) in [6.45, 7) is 7.89. The molecule has 0 aromatic rings. The highest BCUT2D eigenvalue weighted by atomic mass is 35.5. The number of halogens is 3. The van der Waals surface area contributed by atoms with Gasteiger partial charge in [0.2, 0.25) is 0 Å². The third-order valence-corrected chi connectivity index (χ3v) is 6.09. The summed E-state index contributed by atoms with van der Waals surface area (Å²) >= 11 is 17.5. The van der Waals surface area contributed by atoms with Crippen molar-refractivity contribution in [1.82, 2.24) is 5.32 Å². The number of hydrogen-bond acceptors (Lipinski definition) is 4. The summed E-state index contributed by atoms with van der Waals surface area (Å²) in [7, 11) is -3.49. The second-order valence-corrected chi connectivity index (χ2v) is 8.55. The van der Waals surface area contributed by atoms with Gasteiger partial charge in [0.1, 0.15) is 0 Å². The predicted octanol–water partition coefficient (Wildman–Crippen LogP) is 4.03. The van der Waals surface area contributed by atoms with Crippen LogP contribution in [0.15, 0.2) is 0 Å². The molecule has 19 heavy (non-hydrogen) atoms. The van der Waals surface area contributed by atoms with E-state index in [9.17, 15) is 4.57 Å². The predicted molar refractivity (Wildman–Crippen MR) is 82.9 cm³/mol. The van der Waals surface area contributed by atoms with Crippen LogP contribution >= 0.6 is 42.4 Å². The fourth-order valence-electron chi connectivity index (χ4n) is 1.70. The van der Waals surface area contributed by atoms with Gasteiger partial charge in [0.05, 0.1) is 13.2 Å². The molecule has 0 saturated heterocycles. The van der Waals surface area contributed by atoms with Crippen LogP contribution in [0.1, 0.15) is 27.7 Å². The van der Waals surface area contributed by atoms with Crippen molar-refractivity contribution in [3.8, 4) is 0 Å². The molecule has 0 heterocycles. The van der Waals surface area contributed by atoms with Crippen LogP contribution < -0.4 is 5.32 Å². The zero-order valence-corrected chi connectivity index (χ0v) is 15.0. The Hall–Kier alpha value is 0.980. The highest BCUT2D eigenvalue weighted by molar-refractivity contribution is 7.56. The van der Waals surface area contributed by atoms with Crippen LogP contribution in [0.25, 0.3) is 0 Å². The Labute approximate surface area is 131 Å². The fraction of sp³-hybridized carbons (Fsp3) is 1.00.